The largest absolute Gasteiger partial charge is 0.544 e. The first kappa shape index (κ1) is 51.3. The minimum Gasteiger partial charge on any atom is -0.544 e. The van der Waals surface area contributed by atoms with Gasteiger partial charge >= 0.3 is 11.9 Å². The number of carboxylic acids is 1. The van der Waals surface area contributed by atoms with Crippen molar-refractivity contribution in [3.8, 4) is 0 Å². The molecule has 0 aliphatic carbocycles. The van der Waals surface area contributed by atoms with Crippen LogP contribution < -0.4 is 5.11 Å². The van der Waals surface area contributed by atoms with Crippen LogP contribution in [0.25, 0.3) is 0 Å². The molecule has 0 rings (SSSR count). The van der Waals surface area contributed by atoms with Gasteiger partial charge in [-0.2, -0.15) is 0 Å². The standard InChI is InChI=1S/C46H81NO7/c1-6-8-10-12-14-16-18-20-21-22-23-25-26-28-30-32-34-36-44(48)53-41-42(40-52-39-38-43(46(50)51)47(3,4)5)54-45(49)37-35-33-31-29-27-24-19-17-15-13-11-9-7-2/h14,16,20-21,23,25,28,30,42-43H,6-13,15,17-19,22,24,26-27,29,31-41H2,1-5H3/b16-14+,21-20+,25-23+,30-28+. The molecule has 2 atom stereocenters. The topological polar surface area (TPSA) is 102 Å². The lowest BCUT2D eigenvalue weighted by Gasteiger charge is -2.34. The molecule has 0 aromatic rings. The Morgan fingerprint density at radius 1 is 0.556 bits per heavy atom. The average molecular weight is 760 g/mol. The molecule has 0 spiro atoms. The van der Waals surface area contributed by atoms with Gasteiger partial charge in [0.25, 0.3) is 0 Å². The van der Waals surface area contributed by atoms with E-state index in [4.69, 9.17) is 14.2 Å². The SMILES string of the molecule is CCCCC/C=C/C/C=C/C/C=C/C/C=C/CCCC(=O)OCC(COCCC(C(=O)[O-])[N+](C)(C)C)OC(=O)CCCCCCCCCCCCCCC. The molecule has 0 aromatic carbocycles. The number of hydrogen-bond acceptors (Lipinski definition) is 7. The lowest BCUT2D eigenvalue weighted by Crippen LogP contribution is -2.55. The average Bonchev–Trinajstić information content (AvgIpc) is 3.12. The van der Waals surface area contributed by atoms with Gasteiger partial charge < -0.3 is 28.6 Å². The first-order valence-corrected chi connectivity index (χ1v) is 21.7. The molecule has 54 heavy (non-hydrogen) atoms. The highest BCUT2D eigenvalue weighted by molar-refractivity contribution is 5.70. The predicted octanol–water partition coefficient (Wildman–Crippen LogP) is 10.3. The van der Waals surface area contributed by atoms with Gasteiger partial charge in [0.05, 0.1) is 40.3 Å². The molecule has 0 saturated heterocycles. The molecule has 8 heteroatoms. The highest BCUT2D eigenvalue weighted by atomic mass is 16.6. The zero-order valence-corrected chi connectivity index (χ0v) is 35.4. The summed E-state index contributed by atoms with van der Waals surface area (Å²) in [5.74, 6) is -1.81. The number of carbonyl (C=O) groups excluding carboxylic acids is 3. The van der Waals surface area contributed by atoms with Gasteiger partial charge in [0.2, 0.25) is 0 Å². The van der Waals surface area contributed by atoms with Gasteiger partial charge in [-0.1, -0.05) is 152 Å². The molecular weight excluding hydrogens is 679 g/mol. The summed E-state index contributed by atoms with van der Waals surface area (Å²) < 4.78 is 17.1. The van der Waals surface area contributed by atoms with Crippen molar-refractivity contribution in [2.75, 3.05) is 41.0 Å². The molecule has 0 fully saturated rings. The van der Waals surface area contributed by atoms with Gasteiger partial charge in [-0.05, 0) is 51.4 Å². The normalized spacial score (nSPS) is 13.4. The van der Waals surface area contributed by atoms with Crippen LogP contribution in [0.3, 0.4) is 0 Å². The van der Waals surface area contributed by atoms with E-state index in [0.717, 1.165) is 44.9 Å². The molecule has 0 aromatic heterocycles. The lowest BCUT2D eigenvalue weighted by molar-refractivity contribution is -0.889. The van der Waals surface area contributed by atoms with Crippen LogP contribution in [0.5, 0.6) is 0 Å². The van der Waals surface area contributed by atoms with E-state index in [1.165, 1.54) is 89.9 Å². The molecule has 2 unspecified atom stereocenters. The van der Waals surface area contributed by atoms with E-state index in [2.05, 4.69) is 62.5 Å². The summed E-state index contributed by atoms with van der Waals surface area (Å²) in [5, 5.41) is 11.6. The fourth-order valence-corrected chi connectivity index (χ4v) is 6.06. The Kier molecular flexibility index (Phi) is 35.4. The maximum absolute atomic E-state index is 12.7. The second-order valence-electron chi connectivity index (χ2n) is 15.6. The molecule has 0 N–H and O–H groups in total. The van der Waals surface area contributed by atoms with E-state index < -0.39 is 18.1 Å². The van der Waals surface area contributed by atoms with Crippen molar-refractivity contribution in [2.24, 2.45) is 0 Å². The van der Waals surface area contributed by atoms with Gasteiger partial charge in [0, 0.05) is 19.3 Å². The maximum atomic E-state index is 12.7. The molecule has 0 radical (unpaired) electrons. The van der Waals surface area contributed by atoms with Gasteiger partial charge in [-0.25, -0.2) is 0 Å². The molecule has 0 aliphatic rings. The number of unbranched alkanes of at least 4 members (excludes halogenated alkanes) is 16. The number of rotatable bonds is 38. The molecule has 312 valence electrons. The zero-order chi connectivity index (χ0) is 40.0. The van der Waals surface area contributed by atoms with E-state index in [9.17, 15) is 19.5 Å². The number of aliphatic carboxylic acids is 1. The fourth-order valence-electron chi connectivity index (χ4n) is 6.06. The number of carboxylic acid groups (broad SMARTS) is 1. The number of esters is 2. The second kappa shape index (κ2) is 37.2. The molecular formula is C46H81NO7. The highest BCUT2D eigenvalue weighted by Crippen LogP contribution is 2.14. The van der Waals surface area contributed by atoms with Crippen LogP contribution in [0.2, 0.25) is 0 Å². The third-order valence-corrected chi connectivity index (χ3v) is 9.47. The summed E-state index contributed by atoms with van der Waals surface area (Å²) >= 11 is 0. The number of likely N-dealkylation sites (N-methyl/N-ethyl adjacent to an activating group) is 1. The number of carbonyl (C=O) groups is 3. The summed E-state index contributed by atoms with van der Waals surface area (Å²) in [4.78, 5) is 36.8. The summed E-state index contributed by atoms with van der Waals surface area (Å²) in [6.45, 7) is 4.57. The predicted molar refractivity (Wildman–Crippen MR) is 222 cm³/mol. The number of nitrogens with zero attached hydrogens (tertiary/aromatic N) is 1. The minimum atomic E-state index is -1.13. The minimum absolute atomic E-state index is 0.0246. The number of quaternary nitrogens is 1. The Labute approximate surface area is 331 Å². The summed E-state index contributed by atoms with van der Waals surface area (Å²) in [6, 6.07) is -0.732. The Hall–Kier alpha value is -2.71. The van der Waals surface area contributed by atoms with E-state index in [0.29, 0.717) is 12.8 Å². The van der Waals surface area contributed by atoms with Crippen molar-refractivity contribution in [1.29, 1.82) is 0 Å². The number of ether oxygens (including phenoxy) is 3. The van der Waals surface area contributed by atoms with Crippen molar-refractivity contribution < 1.29 is 38.2 Å². The summed E-state index contributed by atoms with van der Waals surface area (Å²) in [6.07, 6.45) is 42.8. The van der Waals surface area contributed by atoms with Crippen LogP contribution in [-0.4, -0.2) is 75.5 Å². The third-order valence-electron chi connectivity index (χ3n) is 9.47. The Morgan fingerprint density at radius 2 is 1.00 bits per heavy atom. The number of allylic oxidation sites excluding steroid dienone is 8. The monoisotopic (exact) mass is 760 g/mol. The van der Waals surface area contributed by atoms with E-state index in [1.807, 2.05) is 0 Å². The molecule has 0 bridgehead atoms. The Morgan fingerprint density at radius 3 is 1.50 bits per heavy atom. The molecule has 0 aliphatic heterocycles. The van der Waals surface area contributed by atoms with Crippen molar-refractivity contribution in [2.45, 2.75) is 187 Å². The second-order valence-corrected chi connectivity index (χ2v) is 15.6. The first-order chi connectivity index (χ1) is 26.1. The Bertz CT molecular complexity index is 1030. The maximum Gasteiger partial charge on any atom is 0.306 e. The molecule has 8 nitrogen and oxygen atoms in total. The molecule has 0 amide bonds. The van der Waals surface area contributed by atoms with E-state index in [1.54, 1.807) is 21.1 Å². The van der Waals surface area contributed by atoms with Crippen LogP contribution in [-0.2, 0) is 28.6 Å². The Balaban J connectivity index is 4.45. The third kappa shape index (κ3) is 35.0. The van der Waals surface area contributed by atoms with Crippen LogP contribution >= 0.6 is 0 Å². The van der Waals surface area contributed by atoms with Gasteiger partial charge in [0.15, 0.2) is 6.10 Å². The van der Waals surface area contributed by atoms with Crippen molar-refractivity contribution in [3.63, 3.8) is 0 Å². The highest BCUT2D eigenvalue weighted by Gasteiger charge is 2.25. The van der Waals surface area contributed by atoms with Crippen LogP contribution in [0.4, 0.5) is 0 Å². The van der Waals surface area contributed by atoms with Gasteiger partial charge in [-0.15, -0.1) is 0 Å². The van der Waals surface area contributed by atoms with Crippen molar-refractivity contribution in [3.05, 3.63) is 48.6 Å². The summed E-state index contributed by atoms with van der Waals surface area (Å²) in [5.41, 5.74) is 0. The lowest BCUT2D eigenvalue weighted by atomic mass is 10.0. The van der Waals surface area contributed by atoms with Crippen molar-refractivity contribution >= 4 is 17.9 Å². The van der Waals surface area contributed by atoms with Crippen LogP contribution in [0.1, 0.15) is 174 Å². The van der Waals surface area contributed by atoms with E-state index in [-0.39, 0.29) is 49.1 Å². The van der Waals surface area contributed by atoms with E-state index >= 15 is 0 Å². The van der Waals surface area contributed by atoms with Gasteiger partial charge in [0.1, 0.15) is 12.6 Å². The van der Waals surface area contributed by atoms with Crippen LogP contribution in [0.15, 0.2) is 48.6 Å². The number of hydrogen-bond donors (Lipinski definition) is 0. The summed E-state index contributed by atoms with van der Waals surface area (Å²) in [7, 11) is 5.39. The van der Waals surface area contributed by atoms with Crippen LogP contribution in [0, 0.1) is 0 Å². The fraction of sp³-hybridized carbons (Fsp3) is 0.761. The zero-order valence-electron chi connectivity index (χ0n) is 35.4. The molecule has 0 heterocycles. The molecule has 0 saturated carbocycles. The smallest absolute Gasteiger partial charge is 0.306 e. The quantitative estimate of drug-likeness (QED) is 0.0267. The first-order valence-electron chi connectivity index (χ1n) is 21.7. The van der Waals surface area contributed by atoms with Gasteiger partial charge in [-0.3, -0.25) is 9.59 Å². The van der Waals surface area contributed by atoms with Crippen molar-refractivity contribution in [1.82, 2.24) is 0 Å².